The second kappa shape index (κ2) is 6.75. The summed E-state index contributed by atoms with van der Waals surface area (Å²) in [6.45, 7) is 0. The largest absolute Gasteiger partial charge is 0.573 e. The van der Waals surface area contributed by atoms with E-state index in [0.29, 0.717) is 16.7 Å². The molecule has 1 aromatic heterocycles. The number of carbonyl (C=O) groups excluding carboxylic acids is 1. The van der Waals surface area contributed by atoms with Gasteiger partial charge < -0.3 is 19.8 Å². The van der Waals surface area contributed by atoms with Crippen molar-refractivity contribution in [1.82, 2.24) is 4.57 Å². The van der Waals surface area contributed by atoms with Gasteiger partial charge in [0.1, 0.15) is 11.8 Å². The molecule has 2 rings (SSSR count). The SMILES string of the molecule is COC(=O)c1c(N)c(C#N)cn1-c1ccc(OC(F)(F)F)cc1C(F)(F)F. The molecule has 2 aromatic rings. The summed E-state index contributed by atoms with van der Waals surface area (Å²) >= 11 is 0. The number of halogens is 6. The minimum Gasteiger partial charge on any atom is -0.464 e. The van der Waals surface area contributed by atoms with E-state index in [2.05, 4.69) is 9.47 Å². The molecule has 0 saturated heterocycles. The van der Waals surface area contributed by atoms with Crippen molar-refractivity contribution in [3.05, 3.63) is 41.2 Å². The van der Waals surface area contributed by atoms with E-state index in [1.807, 2.05) is 0 Å². The number of benzene rings is 1. The third-order valence-corrected chi connectivity index (χ3v) is 3.31. The van der Waals surface area contributed by atoms with Gasteiger partial charge in [0.2, 0.25) is 0 Å². The summed E-state index contributed by atoms with van der Waals surface area (Å²) in [5.41, 5.74) is 1.97. The van der Waals surface area contributed by atoms with Gasteiger partial charge in [-0.25, -0.2) is 4.79 Å². The highest BCUT2D eigenvalue weighted by Crippen LogP contribution is 2.39. The van der Waals surface area contributed by atoms with Crippen LogP contribution >= 0.6 is 0 Å². The third kappa shape index (κ3) is 4.08. The molecule has 1 aromatic carbocycles. The Morgan fingerprint density at radius 3 is 2.33 bits per heavy atom. The molecule has 0 aliphatic rings. The number of nitrogens with zero attached hydrogens (tertiary/aromatic N) is 2. The summed E-state index contributed by atoms with van der Waals surface area (Å²) in [5.74, 6) is -2.25. The van der Waals surface area contributed by atoms with Crippen LogP contribution in [0.4, 0.5) is 32.0 Å². The maximum absolute atomic E-state index is 13.4. The molecule has 144 valence electrons. The fraction of sp³-hybridized carbons (Fsp3) is 0.200. The van der Waals surface area contributed by atoms with E-state index in [1.54, 1.807) is 6.07 Å². The van der Waals surface area contributed by atoms with E-state index < -0.39 is 46.9 Å². The van der Waals surface area contributed by atoms with Gasteiger partial charge in [-0.1, -0.05) is 0 Å². The molecule has 0 amide bonds. The molecule has 0 spiro atoms. The van der Waals surface area contributed by atoms with Crippen LogP contribution in [0.25, 0.3) is 5.69 Å². The van der Waals surface area contributed by atoms with Crippen molar-refractivity contribution in [2.75, 3.05) is 12.8 Å². The molecule has 1 heterocycles. The van der Waals surface area contributed by atoms with Crippen LogP contribution in [0.1, 0.15) is 21.6 Å². The number of methoxy groups -OCH3 is 1. The summed E-state index contributed by atoms with van der Waals surface area (Å²) in [6, 6.07) is 2.99. The second-order valence-electron chi connectivity index (χ2n) is 5.00. The van der Waals surface area contributed by atoms with Crippen molar-refractivity contribution >= 4 is 11.7 Å². The first-order valence-corrected chi connectivity index (χ1v) is 6.85. The Labute approximate surface area is 147 Å². The first-order chi connectivity index (χ1) is 12.4. The summed E-state index contributed by atoms with van der Waals surface area (Å²) in [7, 11) is 0.941. The van der Waals surface area contributed by atoms with E-state index >= 15 is 0 Å². The van der Waals surface area contributed by atoms with Crippen LogP contribution in [0, 0.1) is 11.3 Å². The maximum Gasteiger partial charge on any atom is 0.573 e. The van der Waals surface area contributed by atoms with Gasteiger partial charge in [0.05, 0.1) is 29.6 Å². The van der Waals surface area contributed by atoms with Gasteiger partial charge in [-0.05, 0) is 18.2 Å². The minimum absolute atomic E-state index is 0.117. The molecule has 0 atom stereocenters. The lowest BCUT2D eigenvalue weighted by atomic mass is 10.1. The van der Waals surface area contributed by atoms with Crippen molar-refractivity contribution in [3.63, 3.8) is 0 Å². The Kier molecular flexibility index (Phi) is 4.99. The van der Waals surface area contributed by atoms with Crippen LogP contribution < -0.4 is 10.5 Å². The minimum atomic E-state index is -5.20. The zero-order chi connectivity index (χ0) is 20.6. The normalized spacial score (nSPS) is 11.8. The Hall–Kier alpha value is -3.36. The van der Waals surface area contributed by atoms with Crippen LogP contribution in [0.2, 0.25) is 0 Å². The number of alkyl halides is 6. The van der Waals surface area contributed by atoms with Crippen molar-refractivity contribution in [2.24, 2.45) is 0 Å². The number of ether oxygens (including phenoxy) is 2. The smallest absolute Gasteiger partial charge is 0.464 e. The lowest BCUT2D eigenvalue weighted by Gasteiger charge is -2.17. The van der Waals surface area contributed by atoms with E-state index in [0.717, 1.165) is 13.3 Å². The van der Waals surface area contributed by atoms with Crippen LogP contribution in [0.3, 0.4) is 0 Å². The van der Waals surface area contributed by atoms with Gasteiger partial charge in [-0.15, -0.1) is 13.2 Å². The fourth-order valence-electron chi connectivity index (χ4n) is 2.25. The average Bonchev–Trinajstić information content (AvgIpc) is 2.88. The molecule has 0 saturated carbocycles. The first kappa shape index (κ1) is 20.0. The predicted octanol–water partition coefficient (Wildman–Crippen LogP) is 3.64. The zero-order valence-corrected chi connectivity index (χ0v) is 13.3. The maximum atomic E-state index is 13.4. The molecule has 0 fully saturated rings. The van der Waals surface area contributed by atoms with E-state index in [1.165, 1.54) is 0 Å². The van der Waals surface area contributed by atoms with Crippen molar-refractivity contribution in [2.45, 2.75) is 12.5 Å². The Morgan fingerprint density at radius 1 is 1.22 bits per heavy atom. The van der Waals surface area contributed by atoms with Crippen LogP contribution in [0.15, 0.2) is 24.4 Å². The first-order valence-electron chi connectivity index (χ1n) is 6.85. The molecule has 0 radical (unpaired) electrons. The van der Waals surface area contributed by atoms with Crippen LogP contribution in [-0.2, 0) is 10.9 Å². The van der Waals surface area contributed by atoms with E-state index in [4.69, 9.17) is 11.0 Å². The number of hydrogen-bond donors (Lipinski definition) is 1. The van der Waals surface area contributed by atoms with Crippen molar-refractivity contribution in [3.8, 4) is 17.5 Å². The molecule has 0 bridgehead atoms. The van der Waals surface area contributed by atoms with Crippen LogP contribution in [-0.4, -0.2) is 24.0 Å². The number of rotatable bonds is 3. The monoisotopic (exact) mass is 393 g/mol. The quantitative estimate of drug-likeness (QED) is 0.635. The average molecular weight is 393 g/mol. The number of nitrogen functional groups attached to an aromatic ring is 1. The van der Waals surface area contributed by atoms with Gasteiger partial charge in [0.15, 0.2) is 5.69 Å². The number of aromatic nitrogens is 1. The van der Waals surface area contributed by atoms with Crippen LogP contribution in [0.5, 0.6) is 5.75 Å². The van der Waals surface area contributed by atoms with Crippen molar-refractivity contribution in [1.29, 1.82) is 5.26 Å². The number of anilines is 1. The predicted molar refractivity (Wildman–Crippen MR) is 77.9 cm³/mol. The van der Waals surface area contributed by atoms with E-state index in [-0.39, 0.29) is 11.6 Å². The molecular weight excluding hydrogens is 384 g/mol. The Morgan fingerprint density at radius 2 is 1.85 bits per heavy atom. The lowest BCUT2D eigenvalue weighted by molar-refractivity contribution is -0.274. The molecule has 6 nitrogen and oxygen atoms in total. The fourth-order valence-corrected chi connectivity index (χ4v) is 2.25. The Balaban J connectivity index is 2.76. The van der Waals surface area contributed by atoms with Gasteiger partial charge in [-0.2, -0.15) is 18.4 Å². The van der Waals surface area contributed by atoms with Gasteiger partial charge >= 0.3 is 18.5 Å². The molecule has 0 unspecified atom stereocenters. The second-order valence-corrected chi connectivity index (χ2v) is 5.00. The molecular formula is C15H9F6N3O3. The zero-order valence-electron chi connectivity index (χ0n) is 13.3. The number of carbonyl (C=O) groups is 1. The molecule has 2 N–H and O–H groups in total. The van der Waals surface area contributed by atoms with Crippen molar-refractivity contribution < 1.29 is 40.6 Å². The molecule has 12 heteroatoms. The molecule has 0 aliphatic heterocycles. The number of hydrogen-bond acceptors (Lipinski definition) is 5. The highest BCUT2D eigenvalue weighted by Gasteiger charge is 2.38. The van der Waals surface area contributed by atoms with Gasteiger partial charge in [-0.3, -0.25) is 0 Å². The summed E-state index contributed by atoms with van der Waals surface area (Å²) in [6.07, 6.45) is -9.47. The summed E-state index contributed by atoms with van der Waals surface area (Å²) < 4.78 is 85.6. The van der Waals surface area contributed by atoms with Gasteiger partial charge in [0, 0.05) is 6.20 Å². The standard InChI is InChI=1S/C15H9F6N3O3/c1-26-13(25)12-11(23)7(5-22)6-24(12)10-3-2-8(27-15(19,20)21)4-9(10)14(16,17)18/h2-4,6H,23H2,1H3. The number of nitrogens with two attached hydrogens (primary N) is 1. The molecule has 27 heavy (non-hydrogen) atoms. The lowest BCUT2D eigenvalue weighted by Crippen LogP contribution is -2.19. The molecule has 0 aliphatic carbocycles. The van der Waals surface area contributed by atoms with Gasteiger partial charge in [0.25, 0.3) is 0 Å². The summed E-state index contributed by atoms with van der Waals surface area (Å²) in [4.78, 5) is 11.9. The topological polar surface area (TPSA) is 90.3 Å². The number of nitriles is 1. The van der Waals surface area contributed by atoms with E-state index in [9.17, 15) is 31.1 Å². The third-order valence-electron chi connectivity index (χ3n) is 3.31. The highest BCUT2D eigenvalue weighted by atomic mass is 19.4. The summed E-state index contributed by atoms with van der Waals surface area (Å²) in [5, 5.41) is 9.00. The number of esters is 1. The highest BCUT2D eigenvalue weighted by molar-refractivity contribution is 5.96. The Bertz CT molecular complexity index is 925.